The van der Waals surface area contributed by atoms with E-state index in [0.29, 0.717) is 11.5 Å². The predicted octanol–water partition coefficient (Wildman–Crippen LogP) is 13.2. The van der Waals surface area contributed by atoms with E-state index in [2.05, 4.69) is 197 Å². The fourth-order valence-electron chi connectivity index (χ4n) is 8.25. The fourth-order valence-corrected chi connectivity index (χ4v) is 8.25. The molecular weight excluding hydrogens is 904 g/mol. The summed E-state index contributed by atoms with van der Waals surface area (Å²) in [6.07, 6.45) is 1.85. The van der Waals surface area contributed by atoms with Crippen LogP contribution in [-0.4, -0.2) is 15.6 Å². The van der Waals surface area contributed by atoms with Gasteiger partial charge in [-0.3, -0.25) is 0 Å². The molecule has 6 heteroatoms. The standard InChI is InChI=1S/C53H34N4O.Pt/c1-36-30-31-54-51(32-36)57-48-25-11-10-22-46(48)47-28-27-42(34-50(47)57)58-41-20-12-19-40(33-41)55-35-56(53-45-21-9-8-18-39(45)26-29-49(53)55)52-43(37-14-4-2-5-15-37)23-13-24-44(52)38-16-6-3-7-17-38;/h2-32H,1H3;/q;+2. The Kier molecular flexibility index (Phi) is 9.19. The quantitative estimate of drug-likeness (QED) is 0.118. The molecule has 0 radical (unpaired) electrons. The Morgan fingerprint density at radius 1 is 0.559 bits per heavy atom. The van der Waals surface area contributed by atoms with Gasteiger partial charge in [-0.2, -0.15) is 12.1 Å². The minimum absolute atomic E-state index is 0. The number of hydrogen-bond donors (Lipinski definition) is 0. The molecule has 0 N–H and O–H groups in total. The van der Waals surface area contributed by atoms with Gasteiger partial charge in [0.15, 0.2) is 0 Å². The minimum Gasteiger partial charge on any atom is -0.509 e. The third-order valence-corrected chi connectivity index (χ3v) is 10.9. The van der Waals surface area contributed by atoms with E-state index < -0.39 is 0 Å². The molecule has 1 aliphatic heterocycles. The maximum Gasteiger partial charge on any atom is 2.00 e. The summed E-state index contributed by atoms with van der Waals surface area (Å²) < 4.78 is 13.1. The van der Waals surface area contributed by atoms with Crippen LogP contribution in [0.1, 0.15) is 5.56 Å². The molecule has 2 aromatic heterocycles. The summed E-state index contributed by atoms with van der Waals surface area (Å²) in [6, 6.07) is 74.2. The van der Waals surface area contributed by atoms with E-state index in [9.17, 15) is 0 Å². The van der Waals surface area contributed by atoms with Gasteiger partial charge in [-0.15, -0.1) is 23.6 Å². The van der Waals surface area contributed by atoms with Gasteiger partial charge < -0.3 is 9.30 Å². The van der Waals surface area contributed by atoms with E-state index in [0.717, 1.165) is 89.0 Å². The van der Waals surface area contributed by atoms with Crippen molar-refractivity contribution in [3.8, 4) is 39.6 Å². The van der Waals surface area contributed by atoms with Gasteiger partial charge in [0.2, 0.25) is 5.69 Å². The van der Waals surface area contributed by atoms with Crippen molar-refractivity contribution in [2.45, 2.75) is 6.92 Å². The molecule has 0 amide bonds. The van der Waals surface area contributed by atoms with Crippen molar-refractivity contribution >= 4 is 61.3 Å². The van der Waals surface area contributed by atoms with Gasteiger partial charge in [-0.25, -0.2) is 4.98 Å². The van der Waals surface area contributed by atoms with Crippen LogP contribution in [0, 0.1) is 19.1 Å². The molecule has 0 unspecified atom stereocenters. The maximum absolute atomic E-state index is 6.61. The van der Waals surface area contributed by atoms with E-state index in [-0.39, 0.29) is 21.1 Å². The number of fused-ring (bicyclic) bond motifs is 6. The van der Waals surface area contributed by atoms with E-state index in [1.807, 2.05) is 30.5 Å². The summed E-state index contributed by atoms with van der Waals surface area (Å²) in [6.45, 7) is 2.08. The molecule has 0 saturated heterocycles. The van der Waals surface area contributed by atoms with Crippen molar-refractivity contribution in [1.29, 1.82) is 0 Å². The second-order valence-electron chi connectivity index (χ2n) is 14.5. The SMILES string of the molecule is Cc1ccnc(-n2c3[c-]c(Oc4[c-]c([N+]5=C=[N+](c6c(-c7ccccc7)cccc6-c6ccccc6)c6c5ccc5ccccc65)ccc4)ccc3c3ccccc32)c1.[Pt+2]. The summed E-state index contributed by atoms with van der Waals surface area (Å²) >= 11 is 0. The van der Waals surface area contributed by atoms with E-state index in [1.165, 1.54) is 0 Å². The van der Waals surface area contributed by atoms with Crippen molar-refractivity contribution in [3.63, 3.8) is 0 Å². The van der Waals surface area contributed by atoms with Gasteiger partial charge in [-0.1, -0.05) is 125 Å². The first-order valence-electron chi connectivity index (χ1n) is 19.4. The normalized spacial score (nSPS) is 11.9. The van der Waals surface area contributed by atoms with Crippen LogP contribution >= 0.6 is 0 Å². The Bertz CT molecular complexity index is 3250. The number of pyridine rings is 1. The summed E-state index contributed by atoms with van der Waals surface area (Å²) in [5, 5.41) is 4.50. The van der Waals surface area contributed by atoms with E-state index in [4.69, 9.17) is 9.72 Å². The molecule has 0 spiro atoms. The van der Waals surface area contributed by atoms with Gasteiger partial charge in [0.25, 0.3) is 5.69 Å². The monoisotopic (exact) mass is 937 g/mol. The third-order valence-electron chi connectivity index (χ3n) is 10.9. The number of para-hydroxylation sites is 2. The molecule has 0 aliphatic carbocycles. The molecule has 5 nitrogen and oxygen atoms in total. The zero-order valence-corrected chi connectivity index (χ0v) is 34.2. The van der Waals surface area contributed by atoms with Crippen LogP contribution in [0.2, 0.25) is 0 Å². The molecule has 0 bridgehead atoms. The average molecular weight is 938 g/mol. The number of benzene rings is 8. The first kappa shape index (κ1) is 36.2. The molecule has 10 aromatic rings. The Labute approximate surface area is 356 Å². The van der Waals surface area contributed by atoms with Gasteiger partial charge in [0.05, 0.1) is 16.5 Å². The maximum atomic E-state index is 6.61. The molecule has 59 heavy (non-hydrogen) atoms. The van der Waals surface area contributed by atoms with Crippen LogP contribution in [0.4, 0.5) is 22.7 Å². The second-order valence-corrected chi connectivity index (χ2v) is 14.5. The molecule has 0 fully saturated rings. The molecule has 8 aromatic carbocycles. The Balaban J connectivity index is 0.00000420. The van der Waals surface area contributed by atoms with Gasteiger partial charge in [0.1, 0.15) is 11.5 Å². The largest absolute Gasteiger partial charge is 2.00 e. The topological polar surface area (TPSA) is 33.1 Å². The van der Waals surface area contributed by atoms with Crippen molar-refractivity contribution in [2.75, 3.05) is 0 Å². The van der Waals surface area contributed by atoms with Gasteiger partial charge >= 0.3 is 32.8 Å². The van der Waals surface area contributed by atoms with Crippen LogP contribution in [0.3, 0.4) is 0 Å². The Morgan fingerprint density at radius 2 is 1.24 bits per heavy atom. The Hall–Kier alpha value is -7.16. The van der Waals surface area contributed by atoms with Crippen LogP contribution < -0.4 is 13.9 Å². The second kappa shape index (κ2) is 15.0. The number of nitrogens with zero attached hydrogens (tertiary/aromatic N) is 4. The summed E-state index contributed by atoms with van der Waals surface area (Å²) in [7, 11) is 0. The number of ether oxygens (including phenoxy) is 1. The fraction of sp³-hybridized carbons (Fsp3) is 0.0189. The van der Waals surface area contributed by atoms with Crippen LogP contribution in [-0.2, 0) is 21.1 Å². The summed E-state index contributed by atoms with van der Waals surface area (Å²) in [5.41, 5.74) is 11.5. The summed E-state index contributed by atoms with van der Waals surface area (Å²) in [5.74, 6) is 2.00. The van der Waals surface area contributed by atoms with Gasteiger partial charge in [-0.05, 0) is 81.4 Å². The minimum atomic E-state index is 0. The van der Waals surface area contributed by atoms with Crippen LogP contribution in [0.5, 0.6) is 11.5 Å². The Morgan fingerprint density at radius 3 is 2.00 bits per heavy atom. The van der Waals surface area contributed by atoms with Crippen molar-refractivity contribution in [2.24, 2.45) is 0 Å². The number of aryl methyl sites for hydroxylation is 1. The van der Waals surface area contributed by atoms with E-state index >= 15 is 0 Å². The number of rotatable bonds is 7. The van der Waals surface area contributed by atoms with E-state index in [1.54, 1.807) is 0 Å². The predicted molar refractivity (Wildman–Crippen MR) is 237 cm³/mol. The average Bonchev–Trinajstić information content (AvgIpc) is 3.83. The van der Waals surface area contributed by atoms with Crippen LogP contribution in [0.15, 0.2) is 188 Å². The molecular formula is C53H34N4OPt+2. The summed E-state index contributed by atoms with van der Waals surface area (Å²) in [4.78, 5) is 4.74. The third kappa shape index (κ3) is 6.29. The molecule has 0 saturated carbocycles. The molecule has 280 valence electrons. The van der Waals surface area contributed by atoms with Crippen LogP contribution in [0.25, 0.3) is 60.6 Å². The molecule has 0 atom stereocenters. The smallest absolute Gasteiger partial charge is 0.509 e. The zero-order valence-electron chi connectivity index (χ0n) is 31.9. The number of hydrogen-bond acceptors (Lipinski definition) is 2. The molecule has 11 rings (SSSR count). The van der Waals surface area contributed by atoms with Crippen molar-refractivity contribution in [3.05, 3.63) is 206 Å². The molecule has 3 heterocycles. The van der Waals surface area contributed by atoms with Gasteiger partial charge in [0, 0.05) is 29.3 Å². The zero-order chi connectivity index (χ0) is 38.6. The number of aromatic nitrogens is 2. The first-order chi connectivity index (χ1) is 28.7. The molecule has 1 aliphatic rings. The van der Waals surface area contributed by atoms with Crippen molar-refractivity contribution in [1.82, 2.24) is 18.7 Å². The van der Waals surface area contributed by atoms with Crippen molar-refractivity contribution < 1.29 is 25.8 Å². The first-order valence-corrected chi connectivity index (χ1v) is 19.4.